The molecule has 0 saturated carbocycles. The van der Waals surface area contributed by atoms with Gasteiger partial charge in [0.1, 0.15) is 24.7 Å². The molecule has 1 heterocycles. The van der Waals surface area contributed by atoms with Gasteiger partial charge in [0, 0.05) is 5.92 Å². The Morgan fingerprint density at radius 3 is 2.64 bits per heavy atom. The summed E-state index contributed by atoms with van der Waals surface area (Å²) in [6, 6.07) is 9.36. The fourth-order valence-electron chi connectivity index (χ4n) is 1.78. The summed E-state index contributed by atoms with van der Waals surface area (Å²) in [5.41, 5.74) is 1.23. The van der Waals surface area contributed by atoms with Crippen molar-refractivity contribution < 1.29 is 14.3 Å². The molecule has 6 nitrogen and oxygen atoms in total. The predicted octanol–water partition coefficient (Wildman–Crippen LogP) is 2.01. The summed E-state index contributed by atoms with van der Waals surface area (Å²) in [5, 5.41) is 2.50. The summed E-state index contributed by atoms with van der Waals surface area (Å²) >= 11 is 0. The third-order valence-corrected chi connectivity index (χ3v) is 3.02. The average Bonchev–Trinajstić information content (AvgIpc) is 3.02. The van der Waals surface area contributed by atoms with Gasteiger partial charge in [0.15, 0.2) is 0 Å². The maximum Gasteiger partial charge on any atom is 0.325 e. The van der Waals surface area contributed by atoms with E-state index in [1.807, 2.05) is 44.2 Å². The van der Waals surface area contributed by atoms with Crippen molar-refractivity contribution in [3.63, 3.8) is 0 Å². The minimum atomic E-state index is -0.485. The molecule has 6 heteroatoms. The number of rotatable bonds is 6. The fraction of sp³-hybridized carbons (Fsp3) is 0.312. The van der Waals surface area contributed by atoms with Gasteiger partial charge in [-0.05, 0) is 5.56 Å². The fourth-order valence-corrected chi connectivity index (χ4v) is 1.78. The highest BCUT2D eigenvalue weighted by atomic mass is 16.5. The number of carbonyl (C=O) groups excluding carboxylic acids is 2. The monoisotopic (exact) mass is 301 g/mol. The minimum absolute atomic E-state index is 0.179. The number of aromatic amines is 1. The highest BCUT2D eigenvalue weighted by molar-refractivity contribution is 5.94. The first-order valence-corrected chi connectivity index (χ1v) is 7.09. The predicted molar refractivity (Wildman–Crippen MR) is 81.2 cm³/mol. The van der Waals surface area contributed by atoms with Gasteiger partial charge < -0.3 is 15.0 Å². The van der Waals surface area contributed by atoms with Crippen molar-refractivity contribution >= 4 is 11.9 Å². The normalized spacial score (nSPS) is 10.5. The van der Waals surface area contributed by atoms with Crippen molar-refractivity contribution in [1.29, 1.82) is 0 Å². The first-order valence-electron chi connectivity index (χ1n) is 7.09. The molecule has 2 rings (SSSR count). The molecule has 0 aliphatic heterocycles. The van der Waals surface area contributed by atoms with Gasteiger partial charge in [0.2, 0.25) is 0 Å². The van der Waals surface area contributed by atoms with E-state index in [1.54, 1.807) is 0 Å². The van der Waals surface area contributed by atoms with Crippen LogP contribution in [0.4, 0.5) is 0 Å². The van der Waals surface area contributed by atoms with Gasteiger partial charge in [-0.15, -0.1) is 0 Å². The number of ether oxygens (including phenoxy) is 1. The summed E-state index contributed by atoms with van der Waals surface area (Å²) in [6.45, 7) is 3.96. The van der Waals surface area contributed by atoms with Crippen LogP contribution < -0.4 is 5.32 Å². The van der Waals surface area contributed by atoms with E-state index in [0.717, 1.165) is 11.4 Å². The van der Waals surface area contributed by atoms with E-state index in [-0.39, 0.29) is 25.0 Å². The van der Waals surface area contributed by atoms with Crippen LogP contribution in [0.1, 0.15) is 41.6 Å². The topological polar surface area (TPSA) is 84.1 Å². The summed E-state index contributed by atoms with van der Waals surface area (Å²) in [6.07, 6.45) is 1.46. The number of imidazole rings is 1. The molecule has 0 saturated heterocycles. The number of benzene rings is 1. The van der Waals surface area contributed by atoms with E-state index in [9.17, 15) is 9.59 Å². The van der Waals surface area contributed by atoms with Gasteiger partial charge in [0.25, 0.3) is 5.91 Å². The quantitative estimate of drug-likeness (QED) is 0.799. The van der Waals surface area contributed by atoms with Gasteiger partial charge >= 0.3 is 5.97 Å². The van der Waals surface area contributed by atoms with Gasteiger partial charge in [-0.1, -0.05) is 44.2 Å². The summed E-state index contributed by atoms with van der Waals surface area (Å²) < 4.78 is 5.08. The SMILES string of the molecule is CC(C)c1ncc(C(=O)NCC(=O)OCc2ccccc2)[nH]1. The zero-order valence-corrected chi connectivity index (χ0v) is 12.6. The maximum atomic E-state index is 11.9. The van der Waals surface area contributed by atoms with Crippen molar-refractivity contribution in [1.82, 2.24) is 15.3 Å². The van der Waals surface area contributed by atoms with E-state index >= 15 is 0 Å². The number of esters is 1. The smallest absolute Gasteiger partial charge is 0.325 e. The molecule has 0 aliphatic carbocycles. The summed E-state index contributed by atoms with van der Waals surface area (Å²) in [5.74, 6) is 0.0751. The molecular weight excluding hydrogens is 282 g/mol. The van der Waals surface area contributed by atoms with Crippen LogP contribution in [0, 0.1) is 0 Å². The largest absolute Gasteiger partial charge is 0.460 e. The third-order valence-electron chi connectivity index (χ3n) is 3.02. The Hall–Kier alpha value is -2.63. The molecular formula is C16H19N3O3. The molecule has 1 aromatic heterocycles. The number of hydrogen-bond donors (Lipinski definition) is 2. The molecule has 116 valence electrons. The van der Waals surface area contributed by atoms with Crippen LogP contribution in [0.3, 0.4) is 0 Å². The molecule has 0 radical (unpaired) electrons. The second-order valence-electron chi connectivity index (χ2n) is 5.17. The molecule has 0 aliphatic rings. The molecule has 0 unspecified atom stereocenters. The minimum Gasteiger partial charge on any atom is -0.460 e. The molecule has 22 heavy (non-hydrogen) atoms. The zero-order chi connectivity index (χ0) is 15.9. The highest BCUT2D eigenvalue weighted by Gasteiger charge is 2.13. The van der Waals surface area contributed by atoms with Gasteiger partial charge in [-0.25, -0.2) is 4.98 Å². The first-order chi connectivity index (χ1) is 10.6. The third kappa shape index (κ3) is 4.44. The van der Waals surface area contributed by atoms with Gasteiger partial charge in [-0.3, -0.25) is 9.59 Å². The lowest BCUT2D eigenvalue weighted by atomic mass is 10.2. The van der Waals surface area contributed by atoms with Crippen LogP contribution >= 0.6 is 0 Å². The van der Waals surface area contributed by atoms with E-state index in [0.29, 0.717) is 5.69 Å². The molecule has 1 amide bonds. The summed E-state index contributed by atoms with van der Waals surface area (Å²) in [7, 11) is 0. The van der Waals surface area contributed by atoms with Crippen LogP contribution in [-0.2, 0) is 16.1 Å². The lowest BCUT2D eigenvalue weighted by Gasteiger charge is -2.06. The Morgan fingerprint density at radius 1 is 1.27 bits per heavy atom. The Labute approximate surface area is 128 Å². The molecule has 0 atom stereocenters. The van der Waals surface area contributed by atoms with Gasteiger partial charge in [-0.2, -0.15) is 0 Å². The van der Waals surface area contributed by atoms with Crippen LogP contribution in [0.15, 0.2) is 36.5 Å². The van der Waals surface area contributed by atoms with E-state index in [1.165, 1.54) is 6.20 Å². The van der Waals surface area contributed by atoms with Crippen molar-refractivity contribution in [2.24, 2.45) is 0 Å². The standard InChI is InChI=1S/C16H19N3O3/c1-11(2)15-17-8-13(19-15)16(21)18-9-14(20)22-10-12-6-4-3-5-7-12/h3-8,11H,9-10H2,1-2H3,(H,17,19)(H,18,21). The number of aromatic nitrogens is 2. The molecule has 2 N–H and O–H groups in total. The van der Waals surface area contributed by atoms with Gasteiger partial charge in [0.05, 0.1) is 6.20 Å². The van der Waals surface area contributed by atoms with E-state index in [4.69, 9.17) is 4.74 Å². The Morgan fingerprint density at radius 2 is 2.00 bits per heavy atom. The number of amides is 1. The molecule has 0 bridgehead atoms. The van der Waals surface area contributed by atoms with Crippen LogP contribution in [0.2, 0.25) is 0 Å². The molecule has 0 fully saturated rings. The highest BCUT2D eigenvalue weighted by Crippen LogP contribution is 2.09. The van der Waals surface area contributed by atoms with E-state index < -0.39 is 5.97 Å². The van der Waals surface area contributed by atoms with Crippen LogP contribution in [0.5, 0.6) is 0 Å². The van der Waals surface area contributed by atoms with Crippen LogP contribution in [-0.4, -0.2) is 28.4 Å². The molecule has 0 spiro atoms. The maximum absolute atomic E-state index is 11.9. The zero-order valence-electron chi connectivity index (χ0n) is 12.6. The number of nitrogens with zero attached hydrogens (tertiary/aromatic N) is 1. The average molecular weight is 301 g/mol. The lowest BCUT2D eigenvalue weighted by molar-refractivity contribution is -0.143. The number of carbonyl (C=O) groups is 2. The number of H-pyrrole nitrogens is 1. The Balaban J connectivity index is 1.76. The van der Waals surface area contributed by atoms with Crippen molar-refractivity contribution in [2.45, 2.75) is 26.4 Å². The second-order valence-corrected chi connectivity index (χ2v) is 5.17. The lowest BCUT2D eigenvalue weighted by Crippen LogP contribution is -2.30. The summed E-state index contributed by atoms with van der Waals surface area (Å²) in [4.78, 5) is 30.5. The Bertz CT molecular complexity index is 635. The molecule has 1 aromatic carbocycles. The number of hydrogen-bond acceptors (Lipinski definition) is 4. The number of nitrogens with one attached hydrogen (secondary N) is 2. The molecule has 2 aromatic rings. The van der Waals surface area contributed by atoms with Crippen molar-refractivity contribution in [3.8, 4) is 0 Å². The van der Waals surface area contributed by atoms with Crippen molar-refractivity contribution in [2.75, 3.05) is 6.54 Å². The Kier molecular flexibility index (Phi) is 5.30. The van der Waals surface area contributed by atoms with Crippen molar-refractivity contribution in [3.05, 3.63) is 53.6 Å². The van der Waals surface area contributed by atoms with Crippen LogP contribution in [0.25, 0.3) is 0 Å². The van der Waals surface area contributed by atoms with E-state index in [2.05, 4.69) is 15.3 Å². The second kappa shape index (κ2) is 7.40. The first kappa shape index (κ1) is 15.8.